The van der Waals surface area contributed by atoms with Crippen LogP contribution in [0.1, 0.15) is 33.1 Å². The average Bonchev–Trinajstić information content (AvgIpc) is 2.44. The molecule has 20 heavy (non-hydrogen) atoms. The van der Waals surface area contributed by atoms with E-state index in [4.69, 9.17) is 10.9 Å². The summed E-state index contributed by atoms with van der Waals surface area (Å²) in [6.07, 6.45) is 0.961. The minimum absolute atomic E-state index is 0.0686. The number of hydrogen-bond acceptors (Lipinski definition) is 6. The summed E-state index contributed by atoms with van der Waals surface area (Å²) in [5, 5.41) is 10.4. The first-order valence-corrected chi connectivity index (χ1v) is 7.16. The third kappa shape index (κ3) is 6.07. The topological polar surface area (TPSA) is 127 Å². The lowest BCUT2D eigenvalue weighted by atomic mass is 10.1. The van der Waals surface area contributed by atoms with Crippen LogP contribution in [0.3, 0.4) is 0 Å². The Labute approximate surface area is 123 Å². The van der Waals surface area contributed by atoms with Gasteiger partial charge in [0.05, 0.1) is 0 Å². The van der Waals surface area contributed by atoms with Crippen molar-refractivity contribution in [2.24, 2.45) is 10.9 Å². The largest absolute Gasteiger partial charge is 0.401 e. The summed E-state index contributed by atoms with van der Waals surface area (Å²) in [5.74, 6) is -1.50. The molecular formula is C12H22N4O3S. The first-order chi connectivity index (χ1) is 9.37. The van der Waals surface area contributed by atoms with Gasteiger partial charge in [-0.15, -0.1) is 0 Å². The zero-order valence-corrected chi connectivity index (χ0v) is 12.8. The van der Waals surface area contributed by atoms with Gasteiger partial charge < -0.3 is 16.4 Å². The van der Waals surface area contributed by atoms with Crippen LogP contribution in [0, 0.1) is 0 Å². The van der Waals surface area contributed by atoms with E-state index in [0.29, 0.717) is 18.5 Å². The van der Waals surface area contributed by atoms with Gasteiger partial charge in [0.15, 0.2) is 0 Å². The van der Waals surface area contributed by atoms with E-state index in [-0.39, 0.29) is 23.3 Å². The molecule has 0 bridgehead atoms. The van der Waals surface area contributed by atoms with E-state index in [1.807, 2.05) is 6.92 Å². The molecule has 6 N–H and O–H groups in total. The van der Waals surface area contributed by atoms with Gasteiger partial charge in [-0.1, -0.05) is 6.92 Å². The fourth-order valence-corrected chi connectivity index (χ4v) is 1.86. The molecule has 114 valence electrons. The summed E-state index contributed by atoms with van der Waals surface area (Å²) in [4.78, 5) is 34.5. The number of nitrogens with one attached hydrogen (secondary N) is 2. The molecule has 0 heterocycles. The summed E-state index contributed by atoms with van der Waals surface area (Å²) in [7, 11) is 1.40. The molecule has 0 aromatic heterocycles. The number of carbonyl (C=O) groups excluding carboxylic acids is 3. The molecule has 1 atom stereocenters. The maximum absolute atomic E-state index is 11.9. The highest BCUT2D eigenvalue weighted by Gasteiger charge is 2.17. The molecule has 0 aliphatic heterocycles. The Morgan fingerprint density at radius 1 is 1.25 bits per heavy atom. The van der Waals surface area contributed by atoms with Crippen molar-refractivity contribution in [2.45, 2.75) is 39.2 Å². The smallest absolute Gasteiger partial charge is 0.287 e. The van der Waals surface area contributed by atoms with Gasteiger partial charge in [-0.25, -0.2) is 0 Å². The van der Waals surface area contributed by atoms with Gasteiger partial charge in [-0.2, -0.15) is 0 Å². The predicted molar refractivity (Wildman–Crippen MR) is 79.2 cm³/mol. The van der Waals surface area contributed by atoms with Crippen LogP contribution >= 0.6 is 11.9 Å². The Kier molecular flexibility index (Phi) is 8.66. The van der Waals surface area contributed by atoms with Crippen molar-refractivity contribution in [1.82, 2.24) is 10.6 Å². The van der Waals surface area contributed by atoms with Crippen LogP contribution < -0.4 is 21.5 Å². The highest BCUT2D eigenvalue weighted by molar-refractivity contribution is 8.01. The summed E-state index contributed by atoms with van der Waals surface area (Å²) in [6, 6.07) is -0.261. The molecule has 0 fully saturated rings. The average molecular weight is 302 g/mol. The molecule has 2 amide bonds. The van der Waals surface area contributed by atoms with Gasteiger partial charge >= 0.3 is 0 Å². The third-order valence-corrected chi connectivity index (χ3v) is 3.34. The molecule has 8 heteroatoms. The first kappa shape index (κ1) is 18.5. The molecule has 0 saturated heterocycles. The fourth-order valence-electron chi connectivity index (χ4n) is 1.40. The molecule has 0 rings (SSSR count). The standard InChI is InChI=1S/C12H22N4O3S/c1-4-8(13)10(20-14)12(19)16-7(2)5-6-9(17)11(18)15-3/h7H,4-6,13-14H2,1-3H3,(H,15,18)(H,16,19)/b10-8-. The van der Waals surface area contributed by atoms with Gasteiger partial charge in [0.25, 0.3) is 11.8 Å². The summed E-state index contributed by atoms with van der Waals surface area (Å²) in [5.41, 5.74) is 6.12. The van der Waals surface area contributed by atoms with Gasteiger partial charge in [-0.3, -0.25) is 19.5 Å². The van der Waals surface area contributed by atoms with Crippen molar-refractivity contribution in [2.75, 3.05) is 7.05 Å². The van der Waals surface area contributed by atoms with E-state index in [2.05, 4.69) is 10.6 Å². The zero-order chi connectivity index (χ0) is 15.7. The number of nitrogens with two attached hydrogens (primary N) is 2. The zero-order valence-electron chi connectivity index (χ0n) is 12.0. The molecule has 7 nitrogen and oxygen atoms in total. The quantitative estimate of drug-likeness (QED) is 0.279. The highest BCUT2D eigenvalue weighted by atomic mass is 32.2. The number of carbonyl (C=O) groups is 3. The van der Waals surface area contributed by atoms with E-state index in [0.717, 1.165) is 11.9 Å². The van der Waals surface area contributed by atoms with Crippen molar-refractivity contribution in [3.63, 3.8) is 0 Å². The Morgan fingerprint density at radius 3 is 2.30 bits per heavy atom. The van der Waals surface area contributed by atoms with E-state index in [1.54, 1.807) is 6.92 Å². The molecule has 0 aliphatic rings. The number of hydrogen-bond donors (Lipinski definition) is 4. The van der Waals surface area contributed by atoms with E-state index >= 15 is 0 Å². The van der Waals surface area contributed by atoms with Crippen LogP contribution in [0.5, 0.6) is 0 Å². The van der Waals surface area contributed by atoms with Crippen molar-refractivity contribution in [3.05, 3.63) is 10.6 Å². The number of Topliss-reactive ketones (excluding diaryl/α,β-unsaturated/α-hetero) is 1. The van der Waals surface area contributed by atoms with Crippen molar-refractivity contribution in [3.8, 4) is 0 Å². The monoisotopic (exact) mass is 302 g/mol. The Balaban J connectivity index is 4.40. The van der Waals surface area contributed by atoms with Crippen LogP contribution in [0.25, 0.3) is 0 Å². The van der Waals surface area contributed by atoms with Gasteiger partial charge in [0.2, 0.25) is 5.78 Å². The van der Waals surface area contributed by atoms with Crippen LogP contribution in [0.15, 0.2) is 10.6 Å². The van der Waals surface area contributed by atoms with Crippen LogP contribution in [0.4, 0.5) is 0 Å². The second-order valence-corrected chi connectivity index (χ2v) is 4.89. The molecule has 0 saturated carbocycles. The maximum Gasteiger partial charge on any atom is 0.287 e. The number of allylic oxidation sites excluding steroid dienone is 1. The molecule has 0 aromatic rings. The molecule has 1 unspecified atom stereocenters. The fraction of sp³-hybridized carbons (Fsp3) is 0.583. The SMILES string of the molecule is CC/C(N)=C(/SN)C(=O)NC(C)CCC(=O)C(=O)NC. The summed E-state index contributed by atoms with van der Waals surface area (Å²) in [6.45, 7) is 3.57. The lowest BCUT2D eigenvalue weighted by Crippen LogP contribution is -2.35. The molecule has 0 spiro atoms. The normalized spacial score (nSPS) is 13.2. The molecule has 0 radical (unpaired) electrons. The minimum atomic E-state index is -0.628. The second kappa shape index (κ2) is 9.38. The molecular weight excluding hydrogens is 280 g/mol. The Bertz CT molecular complexity index is 410. The molecule has 0 aliphatic carbocycles. The number of ketones is 1. The Morgan fingerprint density at radius 2 is 1.85 bits per heavy atom. The summed E-state index contributed by atoms with van der Waals surface area (Å²) >= 11 is 0.797. The van der Waals surface area contributed by atoms with Crippen LogP contribution in [-0.4, -0.2) is 30.7 Å². The van der Waals surface area contributed by atoms with Gasteiger partial charge in [0, 0.05) is 25.2 Å². The number of rotatable bonds is 8. The van der Waals surface area contributed by atoms with E-state index in [9.17, 15) is 14.4 Å². The van der Waals surface area contributed by atoms with Crippen molar-refractivity contribution in [1.29, 1.82) is 0 Å². The van der Waals surface area contributed by atoms with Gasteiger partial charge in [-0.05, 0) is 31.7 Å². The maximum atomic E-state index is 11.9. The first-order valence-electron chi connectivity index (χ1n) is 6.28. The Hall–Kier alpha value is -1.54. The third-order valence-electron chi connectivity index (χ3n) is 2.66. The summed E-state index contributed by atoms with van der Waals surface area (Å²) < 4.78 is 0. The van der Waals surface area contributed by atoms with E-state index < -0.39 is 11.7 Å². The van der Waals surface area contributed by atoms with Crippen molar-refractivity contribution >= 4 is 29.5 Å². The highest BCUT2D eigenvalue weighted by Crippen LogP contribution is 2.14. The number of amides is 2. The van der Waals surface area contributed by atoms with Gasteiger partial charge in [0.1, 0.15) is 4.91 Å². The lowest BCUT2D eigenvalue weighted by Gasteiger charge is -2.15. The lowest BCUT2D eigenvalue weighted by molar-refractivity contribution is -0.137. The van der Waals surface area contributed by atoms with E-state index in [1.165, 1.54) is 7.05 Å². The van der Waals surface area contributed by atoms with Crippen molar-refractivity contribution < 1.29 is 14.4 Å². The number of likely N-dealkylation sites (N-methyl/N-ethyl adjacent to an activating group) is 1. The minimum Gasteiger partial charge on any atom is -0.401 e. The van der Waals surface area contributed by atoms with Crippen LogP contribution in [-0.2, 0) is 14.4 Å². The predicted octanol–water partition coefficient (Wildman–Crippen LogP) is -0.226. The van der Waals surface area contributed by atoms with Crippen LogP contribution in [0.2, 0.25) is 0 Å². The molecule has 0 aromatic carbocycles. The second-order valence-electron chi connectivity index (χ2n) is 4.24.